The number of hydrogen-bond acceptors (Lipinski definition) is 4. The molecule has 1 aliphatic heterocycles. The van der Waals surface area contributed by atoms with E-state index in [0.29, 0.717) is 29.1 Å². The number of nitrogens with zero attached hydrogens (tertiary/aromatic N) is 1. The van der Waals surface area contributed by atoms with Crippen molar-refractivity contribution in [3.63, 3.8) is 0 Å². The van der Waals surface area contributed by atoms with Crippen molar-refractivity contribution in [1.82, 2.24) is 4.90 Å². The number of rotatable bonds is 5. The van der Waals surface area contributed by atoms with Crippen molar-refractivity contribution in [2.75, 3.05) is 20.3 Å². The molecule has 1 aromatic rings. The molecule has 0 spiro atoms. The minimum Gasteiger partial charge on any atom is -0.482 e. The standard InChI is InChI=1S/C18H21NO5/c1-23-17-11-6-12-8-19(16(17)14(12)7-11)18(22)10-2-4-13(5-3-10)24-9-15(20)21/h2-5,11-12,14,16-17H,6-9H2,1H3,(H,20,21). The van der Waals surface area contributed by atoms with E-state index in [1.54, 1.807) is 31.4 Å². The van der Waals surface area contributed by atoms with Gasteiger partial charge in [0.05, 0.1) is 12.1 Å². The summed E-state index contributed by atoms with van der Waals surface area (Å²) >= 11 is 0. The zero-order chi connectivity index (χ0) is 16.8. The van der Waals surface area contributed by atoms with Crippen LogP contribution in [0, 0.1) is 17.8 Å². The van der Waals surface area contributed by atoms with Gasteiger partial charge in [-0.3, -0.25) is 4.79 Å². The molecule has 0 radical (unpaired) electrons. The normalized spacial score (nSPS) is 33.0. The summed E-state index contributed by atoms with van der Waals surface area (Å²) in [5.74, 6) is 1.26. The highest BCUT2D eigenvalue weighted by molar-refractivity contribution is 5.95. The van der Waals surface area contributed by atoms with Crippen LogP contribution in [0.15, 0.2) is 24.3 Å². The first-order valence-electron chi connectivity index (χ1n) is 8.37. The number of likely N-dealkylation sites (tertiary alicyclic amines) is 1. The molecule has 6 nitrogen and oxygen atoms in total. The van der Waals surface area contributed by atoms with Crippen molar-refractivity contribution in [1.29, 1.82) is 0 Å². The zero-order valence-corrected chi connectivity index (χ0v) is 13.6. The van der Waals surface area contributed by atoms with Crippen LogP contribution in [-0.2, 0) is 9.53 Å². The third-order valence-electron chi connectivity index (χ3n) is 5.81. The molecule has 0 aromatic heterocycles. The molecular weight excluding hydrogens is 310 g/mol. The van der Waals surface area contributed by atoms with E-state index in [0.717, 1.165) is 6.54 Å². The molecule has 1 N–H and O–H groups in total. The average Bonchev–Trinajstić information content (AvgIpc) is 3.20. The minimum absolute atomic E-state index is 0.0295. The molecule has 1 amide bonds. The van der Waals surface area contributed by atoms with Crippen LogP contribution in [0.25, 0.3) is 0 Å². The summed E-state index contributed by atoms with van der Waals surface area (Å²) in [7, 11) is 1.75. The van der Waals surface area contributed by atoms with Gasteiger partial charge in [-0.25, -0.2) is 4.79 Å². The Morgan fingerprint density at radius 2 is 1.96 bits per heavy atom. The minimum atomic E-state index is -1.02. The lowest BCUT2D eigenvalue weighted by molar-refractivity contribution is -0.139. The Bertz CT molecular complexity index is 656. The predicted molar refractivity (Wildman–Crippen MR) is 84.9 cm³/mol. The van der Waals surface area contributed by atoms with Gasteiger partial charge in [-0.05, 0) is 54.9 Å². The second-order valence-electron chi connectivity index (χ2n) is 7.01. The van der Waals surface area contributed by atoms with Crippen LogP contribution in [0.3, 0.4) is 0 Å². The molecule has 3 fully saturated rings. The van der Waals surface area contributed by atoms with Crippen molar-refractivity contribution in [2.24, 2.45) is 17.8 Å². The van der Waals surface area contributed by atoms with Crippen LogP contribution in [-0.4, -0.2) is 54.3 Å². The summed E-state index contributed by atoms with van der Waals surface area (Å²) in [6, 6.07) is 6.90. The van der Waals surface area contributed by atoms with E-state index in [2.05, 4.69) is 0 Å². The summed E-state index contributed by atoms with van der Waals surface area (Å²) in [5, 5.41) is 8.63. The Hall–Kier alpha value is -2.08. The van der Waals surface area contributed by atoms with Crippen LogP contribution in [0.4, 0.5) is 0 Å². The summed E-state index contributed by atoms with van der Waals surface area (Å²) in [4.78, 5) is 25.4. The smallest absolute Gasteiger partial charge is 0.341 e. The zero-order valence-electron chi connectivity index (χ0n) is 13.6. The number of aliphatic carboxylic acids is 1. The fraction of sp³-hybridized carbons (Fsp3) is 0.556. The Balaban J connectivity index is 1.49. The highest BCUT2D eigenvalue weighted by Gasteiger charge is 2.60. The molecule has 128 valence electrons. The molecule has 1 heterocycles. The lowest BCUT2D eigenvalue weighted by atomic mass is 9.88. The van der Waals surface area contributed by atoms with E-state index in [4.69, 9.17) is 14.6 Å². The number of carboxylic acid groups (broad SMARTS) is 1. The van der Waals surface area contributed by atoms with Gasteiger partial charge >= 0.3 is 5.97 Å². The molecule has 24 heavy (non-hydrogen) atoms. The van der Waals surface area contributed by atoms with Gasteiger partial charge in [-0.15, -0.1) is 0 Å². The van der Waals surface area contributed by atoms with Gasteiger partial charge in [0.25, 0.3) is 5.91 Å². The maximum atomic E-state index is 12.9. The van der Waals surface area contributed by atoms with Gasteiger partial charge in [-0.2, -0.15) is 0 Å². The maximum Gasteiger partial charge on any atom is 0.341 e. The van der Waals surface area contributed by atoms with Crippen molar-refractivity contribution in [3.8, 4) is 5.75 Å². The second kappa shape index (κ2) is 5.77. The second-order valence-corrected chi connectivity index (χ2v) is 7.01. The third-order valence-corrected chi connectivity index (χ3v) is 5.81. The lowest BCUT2D eigenvalue weighted by Gasteiger charge is -2.31. The van der Waals surface area contributed by atoms with Crippen LogP contribution in [0.5, 0.6) is 5.75 Å². The Morgan fingerprint density at radius 1 is 1.21 bits per heavy atom. The fourth-order valence-electron chi connectivity index (χ4n) is 4.96. The fourth-order valence-corrected chi connectivity index (χ4v) is 4.96. The number of fused-ring (bicyclic) bond motifs is 1. The van der Waals surface area contributed by atoms with E-state index in [1.807, 2.05) is 4.90 Å². The molecular formula is C18H21NO5. The highest BCUT2D eigenvalue weighted by atomic mass is 16.5. The topological polar surface area (TPSA) is 76.1 Å². The first kappa shape index (κ1) is 15.4. The number of amides is 1. The van der Waals surface area contributed by atoms with Gasteiger partial charge < -0.3 is 19.5 Å². The van der Waals surface area contributed by atoms with E-state index >= 15 is 0 Å². The first-order chi connectivity index (χ1) is 11.6. The summed E-state index contributed by atoms with van der Waals surface area (Å²) in [5.41, 5.74) is 0.609. The number of hydrogen-bond donors (Lipinski definition) is 1. The van der Waals surface area contributed by atoms with Crippen LogP contribution < -0.4 is 4.74 Å². The molecule has 2 aliphatic carbocycles. The Labute approximate surface area is 140 Å². The van der Waals surface area contributed by atoms with Crippen molar-refractivity contribution in [3.05, 3.63) is 29.8 Å². The number of carbonyl (C=O) groups excluding carboxylic acids is 1. The summed E-state index contributed by atoms with van der Waals surface area (Å²) < 4.78 is 10.8. The predicted octanol–water partition coefficient (Wildman–Crippen LogP) is 1.65. The quantitative estimate of drug-likeness (QED) is 0.888. The molecule has 2 saturated carbocycles. The van der Waals surface area contributed by atoms with Crippen LogP contribution in [0.2, 0.25) is 0 Å². The van der Waals surface area contributed by atoms with E-state index < -0.39 is 5.97 Å². The van der Waals surface area contributed by atoms with E-state index in [1.165, 1.54) is 12.8 Å². The van der Waals surface area contributed by atoms with Gasteiger partial charge in [-0.1, -0.05) is 0 Å². The van der Waals surface area contributed by atoms with Crippen molar-refractivity contribution < 1.29 is 24.2 Å². The van der Waals surface area contributed by atoms with Crippen LogP contribution in [0.1, 0.15) is 23.2 Å². The number of ether oxygens (including phenoxy) is 2. The van der Waals surface area contributed by atoms with Gasteiger partial charge in [0, 0.05) is 19.2 Å². The number of carboxylic acids is 1. The lowest BCUT2D eigenvalue weighted by Crippen LogP contribution is -2.44. The van der Waals surface area contributed by atoms with Gasteiger partial charge in [0.1, 0.15) is 5.75 Å². The summed E-state index contributed by atoms with van der Waals surface area (Å²) in [6.07, 6.45) is 2.52. The number of methoxy groups -OCH3 is 1. The third kappa shape index (κ3) is 2.36. The molecule has 6 heteroatoms. The molecule has 1 aromatic carbocycles. The van der Waals surface area contributed by atoms with Crippen LogP contribution >= 0.6 is 0 Å². The SMILES string of the molecule is COC1C2CC3CN(C(=O)c4ccc(OCC(=O)O)cc4)C1C3C2. The molecule has 4 rings (SSSR count). The average molecular weight is 331 g/mol. The molecule has 5 atom stereocenters. The van der Waals surface area contributed by atoms with Gasteiger partial charge in [0.2, 0.25) is 0 Å². The first-order valence-corrected chi connectivity index (χ1v) is 8.37. The highest BCUT2D eigenvalue weighted by Crippen LogP contribution is 2.56. The van der Waals surface area contributed by atoms with Gasteiger partial charge in [0.15, 0.2) is 6.61 Å². The number of benzene rings is 1. The summed E-state index contributed by atoms with van der Waals surface area (Å²) in [6.45, 7) is 0.434. The Kier molecular flexibility index (Phi) is 3.72. The van der Waals surface area contributed by atoms with E-state index in [-0.39, 0.29) is 24.7 Å². The molecule has 3 aliphatic rings. The Morgan fingerprint density at radius 3 is 2.62 bits per heavy atom. The molecule has 5 unspecified atom stereocenters. The largest absolute Gasteiger partial charge is 0.482 e. The molecule has 2 bridgehead atoms. The van der Waals surface area contributed by atoms with Crippen molar-refractivity contribution in [2.45, 2.75) is 25.0 Å². The number of carbonyl (C=O) groups is 2. The van der Waals surface area contributed by atoms with E-state index in [9.17, 15) is 9.59 Å². The molecule has 1 saturated heterocycles. The maximum absolute atomic E-state index is 12.9. The monoisotopic (exact) mass is 331 g/mol. The van der Waals surface area contributed by atoms with Crippen molar-refractivity contribution >= 4 is 11.9 Å².